The zero-order chi connectivity index (χ0) is 19.3. The lowest BCUT2D eigenvalue weighted by Crippen LogP contribution is -2.39. The van der Waals surface area contributed by atoms with Gasteiger partial charge in [-0.05, 0) is 31.0 Å². The van der Waals surface area contributed by atoms with E-state index in [1.54, 1.807) is 25.4 Å². The minimum Gasteiger partial charge on any atom is -0.372 e. The monoisotopic (exact) mass is 381 g/mol. The highest BCUT2D eigenvalue weighted by atomic mass is 35.5. The van der Waals surface area contributed by atoms with Crippen molar-refractivity contribution in [3.8, 4) is 11.1 Å². The van der Waals surface area contributed by atoms with Gasteiger partial charge in [0.2, 0.25) is 0 Å². The van der Waals surface area contributed by atoms with Gasteiger partial charge in [-0.2, -0.15) is 0 Å². The second kappa shape index (κ2) is 6.25. The number of hydrogen-bond acceptors (Lipinski definition) is 6. The van der Waals surface area contributed by atoms with Gasteiger partial charge >= 0.3 is 0 Å². The summed E-state index contributed by atoms with van der Waals surface area (Å²) in [6.45, 7) is 7.67. The van der Waals surface area contributed by atoms with Crippen molar-refractivity contribution in [2.75, 3.05) is 4.90 Å². The molecule has 1 atom stereocenters. The highest BCUT2D eigenvalue weighted by molar-refractivity contribution is 6.29. The largest absolute Gasteiger partial charge is 0.372 e. The van der Waals surface area contributed by atoms with Crippen LogP contribution in [0.25, 0.3) is 11.1 Å². The Labute approximate surface area is 162 Å². The van der Waals surface area contributed by atoms with E-state index >= 15 is 0 Å². The Morgan fingerprint density at radius 1 is 1.00 bits per heavy atom. The number of hydrogen-bond donors (Lipinski definition) is 1. The number of benzene rings is 1. The number of anilines is 2. The van der Waals surface area contributed by atoms with Gasteiger partial charge in [-0.3, -0.25) is 4.90 Å². The fourth-order valence-corrected chi connectivity index (χ4v) is 3.70. The van der Waals surface area contributed by atoms with E-state index in [2.05, 4.69) is 19.9 Å². The van der Waals surface area contributed by atoms with Gasteiger partial charge in [0.25, 0.3) is 0 Å². The molecule has 0 aliphatic carbocycles. The maximum atomic E-state index is 11.1. The number of aryl methyl sites for hydroxylation is 2. The second-order valence-electron chi connectivity index (χ2n) is 7.31. The summed E-state index contributed by atoms with van der Waals surface area (Å²) in [6.07, 6.45) is 2.83. The first-order valence-corrected chi connectivity index (χ1v) is 9.07. The summed E-state index contributed by atoms with van der Waals surface area (Å²) < 4.78 is 0. The van der Waals surface area contributed by atoms with Crippen LogP contribution >= 0.6 is 11.6 Å². The third-order valence-corrected chi connectivity index (χ3v) is 5.19. The molecule has 3 heterocycles. The molecule has 1 unspecified atom stereocenters. The van der Waals surface area contributed by atoms with Crippen LogP contribution in [-0.2, 0) is 5.41 Å². The molecule has 1 aliphatic rings. The normalized spacial score (nSPS) is 17.9. The molecular weight excluding hydrogens is 362 g/mol. The second-order valence-corrected chi connectivity index (χ2v) is 7.70. The molecule has 0 saturated carbocycles. The van der Waals surface area contributed by atoms with E-state index in [1.165, 1.54) is 0 Å². The molecule has 27 heavy (non-hydrogen) atoms. The molecule has 0 radical (unpaired) electrons. The van der Waals surface area contributed by atoms with Gasteiger partial charge in [-0.25, -0.2) is 19.9 Å². The summed E-state index contributed by atoms with van der Waals surface area (Å²) in [6, 6.07) is 7.78. The molecule has 1 aliphatic heterocycles. The molecular formula is C20H20ClN5O. The summed E-state index contributed by atoms with van der Waals surface area (Å²) in [4.78, 5) is 19.0. The number of rotatable bonds is 2. The Bertz CT molecular complexity index is 999. The summed E-state index contributed by atoms with van der Waals surface area (Å²) >= 11 is 6.14. The van der Waals surface area contributed by atoms with Crippen molar-refractivity contribution in [2.45, 2.75) is 39.3 Å². The van der Waals surface area contributed by atoms with Crippen LogP contribution in [0.3, 0.4) is 0 Å². The van der Waals surface area contributed by atoms with Crippen molar-refractivity contribution in [1.82, 2.24) is 19.9 Å². The first-order chi connectivity index (χ1) is 12.8. The number of aliphatic hydroxyl groups is 1. The predicted molar refractivity (Wildman–Crippen MR) is 105 cm³/mol. The van der Waals surface area contributed by atoms with E-state index in [0.717, 1.165) is 28.2 Å². The van der Waals surface area contributed by atoms with Crippen LogP contribution in [-0.4, -0.2) is 31.3 Å². The zero-order valence-corrected chi connectivity index (χ0v) is 16.4. The standard InChI is InChI=1S/C20H20ClN5O/c1-11-22-9-14(10-23-11)13-5-6-15-16(7-13)26(19(27)20(15,3)4)18-8-17(21)24-12(2)25-18/h5-10,19,27H,1-4H3. The average Bonchev–Trinajstić information content (AvgIpc) is 2.81. The third-order valence-electron chi connectivity index (χ3n) is 5.00. The van der Waals surface area contributed by atoms with Gasteiger partial charge in [0.05, 0.1) is 0 Å². The van der Waals surface area contributed by atoms with E-state index < -0.39 is 11.6 Å². The highest BCUT2D eigenvalue weighted by Gasteiger charge is 2.45. The number of fused-ring (bicyclic) bond motifs is 1. The molecule has 138 valence electrons. The number of halogens is 1. The summed E-state index contributed by atoms with van der Waals surface area (Å²) in [7, 11) is 0. The van der Waals surface area contributed by atoms with Crippen LogP contribution in [0.2, 0.25) is 5.15 Å². The first kappa shape index (κ1) is 17.8. The summed E-state index contributed by atoms with van der Waals surface area (Å²) in [5, 5.41) is 11.4. The Hall–Kier alpha value is -2.57. The van der Waals surface area contributed by atoms with Gasteiger partial charge in [0, 0.05) is 35.1 Å². The molecule has 0 bridgehead atoms. The highest BCUT2D eigenvalue weighted by Crippen LogP contribution is 2.48. The molecule has 7 heteroatoms. The van der Waals surface area contributed by atoms with Crippen LogP contribution in [0.4, 0.5) is 11.5 Å². The lowest BCUT2D eigenvalue weighted by atomic mass is 9.85. The first-order valence-electron chi connectivity index (χ1n) is 8.69. The quantitative estimate of drug-likeness (QED) is 0.677. The molecule has 1 aromatic carbocycles. The molecule has 0 saturated heterocycles. The summed E-state index contributed by atoms with van der Waals surface area (Å²) in [5.41, 5.74) is 3.35. The molecule has 6 nitrogen and oxygen atoms in total. The Kier molecular flexibility index (Phi) is 4.13. The topological polar surface area (TPSA) is 75.0 Å². The minimum absolute atomic E-state index is 0.346. The van der Waals surface area contributed by atoms with Crippen LogP contribution in [0, 0.1) is 13.8 Å². The molecule has 0 spiro atoms. The molecule has 0 fully saturated rings. The van der Waals surface area contributed by atoms with E-state index in [0.29, 0.717) is 16.8 Å². The van der Waals surface area contributed by atoms with Crippen LogP contribution in [0.1, 0.15) is 31.1 Å². The van der Waals surface area contributed by atoms with Gasteiger partial charge in [0.15, 0.2) is 0 Å². The van der Waals surface area contributed by atoms with E-state index in [4.69, 9.17) is 11.6 Å². The molecule has 3 aromatic rings. The van der Waals surface area contributed by atoms with Crippen LogP contribution < -0.4 is 4.90 Å². The SMILES string of the molecule is Cc1ncc(-c2ccc3c(c2)N(c2cc(Cl)nc(C)n2)C(O)C3(C)C)cn1. The van der Waals surface area contributed by atoms with Crippen molar-refractivity contribution in [2.24, 2.45) is 0 Å². The van der Waals surface area contributed by atoms with Crippen molar-refractivity contribution < 1.29 is 5.11 Å². The van der Waals surface area contributed by atoms with Crippen molar-refractivity contribution in [3.05, 3.63) is 59.0 Å². The van der Waals surface area contributed by atoms with Crippen molar-refractivity contribution in [3.63, 3.8) is 0 Å². The van der Waals surface area contributed by atoms with Crippen LogP contribution in [0.15, 0.2) is 36.7 Å². The van der Waals surface area contributed by atoms with E-state index in [-0.39, 0.29) is 0 Å². The predicted octanol–water partition coefficient (Wildman–Crippen LogP) is 3.95. The molecule has 0 amide bonds. The fraction of sp³-hybridized carbons (Fsp3) is 0.300. The van der Waals surface area contributed by atoms with Gasteiger partial charge in [-0.1, -0.05) is 37.6 Å². The van der Waals surface area contributed by atoms with Crippen molar-refractivity contribution >= 4 is 23.1 Å². The number of nitrogens with zero attached hydrogens (tertiary/aromatic N) is 5. The van der Waals surface area contributed by atoms with Gasteiger partial charge in [-0.15, -0.1) is 0 Å². The molecule has 2 aromatic heterocycles. The maximum Gasteiger partial charge on any atom is 0.141 e. The fourth-order valence-electron chi connectivity index (χ4n) is 3.48. The van der Waals surface area contributed by atoms with E-state index in [9.17, 15) is 5.11 Å². The zero-order valence-electron chi connectivity index (χ0n) is 15.6. The minimum atomic E-state index is -0.776. The smallest absolute Gasteiger partial charge is 0.141 e. The lowest BCUT2D eigenvalue weighted by Gasteiger charge is -2.29. The molecule has 1 N–H and O–H groups in total. The van der Waals surface area contributed by atoms with Crippen molar-refractivity contribution in [1.29, 1.82) is 0 Å². The molecule has 4 rings (SSSR count). The Balaban J connectivity index is 1.88. The van der Waals surface area contributed by atoms with Gasteiger partial charge < -0.3 is 5.11 Å². The summed E-state index contributed by atoms with van der Waals surface area (Å²) in [5.74, 6) is 1.85. The average molecular weight is 382 g/mol. The third kappa shape index (κ3) is 2.95. The number of aromatic nitrogens is 4. The Morgan fingerprint density at radius 3 is 2.37 bits per heavy atom. The number of aliphatic hydroxyl groups excluding tert-OH is 1. The van der Waals surface area contributed by atoms with Crippen LogP contribution in [0.5, 0.6) is 0 Å². The van der Waals surface area contributed by atoms with Gasteiger partial charge in [0.1, 0.15) is 28.8 Å². The maximum absolute atomic E-state index is 11.1. The lowest BCUT2D eigenvalue weighted by molar-refractivity contribution is 0.118. The Morgan fingerprint density at radius 2 is 1.70 bits per heavy atom. The van der Waals surface area contributed by atoms with E-state index in [1.807, 2.05) is 43.9 Å².